The number of amides is 2. The first-order valence-electron chi connectivity index (χ1n) is 4.83. The number of unbranched alkanes of at least 4 members (excludes halogenated alkanes) is 1. The van der Waals surface area contributed by atoms with Crippen LogP contribution in [0, 0.1) is 0 Å². The summed E-state index contributed by atoms with van der Waals surface area (Å²) in [7, 11) is 0. The van der Waals surface area contributed by atoms with E-state index >= 15 is 0 Å². The van der Waals surface area contributed by atoms with Crippen molar-refractivity contribution in [2.75, 3.05) is 0 Å². The van der Waals surface area contributed by atoms with Crippen molar-refractivity contribution in [2.24, 2.45) is 4.99 Å². The van der Waals surface area contributed by atoms with E-state index in [1.54, 1.807) is 0 Å². The van der Waals surface area contributed by atoms with E-state index in [9.17, 15) is 9.59 Å². The molecule has 0 aromatic heterocycles. The lowest BCUT2D eigenvalue weighted by atomic mass is 10.1. The summed E-state index contributed by atoms with van der Waals surface area (Å²) in [5.74, 6) is -0.985. The Hall–Kier alpha value is -1.39. The van der Waals surface area contributed by atoms with Crippen molar-refractivity contribution in [2.45, 2.75) is 39.2 Å². The molecule has 1 rings (SSSR count). The van der Waals surface area contributed by atoms with E-state index < -0.39 is 11.8 Å². The molecule has 0 spiro atoms. The zero-order chi connectivity index (χ0) is 10.6. The van der Waals surface area contributed by atoms with Gasteiger partial charge in [-0.15, -0.1) is 0 Å². The van der Waals surface area contributed by atoms with E-state index in [1.807, 2.05) is 6.92 Å². The number of nitrogens with zero attached hydrogens (tertiary/aromatic N) is 1. The summed E-state index contributed by atoms with van der Waals surface area (Å²) in [4.78, 5) is 25.7. The number of rotatable bonds is 4. The van der Waals surface area contributed by atoms with Crippen molar-refractivity contribution in [1.29, 1.82) is 0 Å². The standard InChI is InChI=1S/C9H15N3O2/c1-3-4-5-6(2)10-9-11-7(13)8(14)12-9/h6H,3-5H2,1-2H3,(H2,10,11,12,13,14). The fourth-order valence-electron chi connectivity index (χ4n) is 1.21. The van der Waals surface area contributed by atoms with Gasteiger partial charge in [-0.05, 0) is 13.3 Å². The second kappa shape index (κ2) is 4.74. The fourth-order valence-corrected chi connectivity index (χ4v) is 1.21. The van der Waals surface area contributed by atoms with Crippen LogP contribution in [0.25, 0.3) is 0 Å². The molecular formula is C9H15N3O2. The summed E-state index contributed by atoms with van der Waals surface area (Å²) in [6.07, 6.45) is 3.18. The number of carbonyl (C=O) groups is 2. The molecule has 1 unspecified atom stereocenters. The van der Waals surface area contributed by atoms with E-state index in [0.717, 1.165) is 19.3 Å². The Bertz CT molecular complexity index is 255. The van der Waals surface area contributed by atoms with E-state index in [2.05, 4.69) is 22.5 Å². The van der Waals surface area contributed by atoms with Crippen molar-refractivity contribution in [3.63, 3.8) is 0 Å². The molecule has 1 atom stereocenters. The van der Waals surface area contributed by atoms with Crippen molar-refractivity contribution in [3.8, 4) is 0 Å². The molecule has 0 aliphatic carbocycles. The van der Waals surface area contributed by atoms with Crippen LogP contribution in [0.3, 0.4) is 0 Å². The van der Waals surface area contributed by atoms with Gasteiger partial charge in [-0.3, -0.25) is 20.2 Å². The molecule has 2 amide bonds. The number of carbonyl (C=O) groups excluding carboxylic acids is 2. The number of nitrogens with one attached hydrogen (secondary N) is 2. The molecule has 1 heterocycles. The lowest BCUT2D eigenvalue weighted by molar-refractivity contribution is -0.135. The molecule has 1 fully saturated rings. The van der Waals surface area contributed by atoms with Gasteiger partial charge in [0.2, 0.25) is 5.96 Å². The molecule has 5 nitrogen and oxygen atoms in total. The maximum atomic E-state index is 10.8. The SMILES string of the molecule is CCCCC(C)N=C1NC(=O)C(=O)N1. The largest absolute Gasteiger partial charge is 0.316 e. The van der Waals surface area contributed by atoms with Crippen LogP contribution in [0.5, 0.6) is 0 Å². The number of aliphatic imine (C=N–C) groups is 1. The second-order valence-electron chi connectivity index (χ2n) is 3.38. The van der Waals surface area contributed by atoms with Crippen molar-refractivity contribution in [1.82, 2.24) is 10.6 Å². The molecule has 0 aromatic carbocycles. The van der Waals surface area contributed by atoms with Gasteiger partial charge in [-0.25, -0.2) is 4.99 Å². The lowest BCUT2D eigenvalue weighted by Gasteiger charge is -2.05. The van der Waals surface area contributed by atoms with E-state index in [0.29, 0.717) is 0 Å². The number of guanidine groups is 1. The van der Waals surface area contributed by atoms with Crippen LogP contribution in [0.1, 0.15) is 33.1 Å². The molecule has 0 bridgehead atoms. The Morgan fingerprint density at radius 3 is 2.36 bits per heavy atom. The zero-order valence-electron chi connectivity index (χ0n) is 8.46. The third kappa shape index (κ3) is 2.83. The molecule has 1 aliphatic rings. The van der Waals surface area contributed by atoms with Gasteiger partial charge in [0.15, 0.2) is 0 Å². The van der Waals surface area contributed by atoms with Crippen molar-refractivity contribution in [3.05, 3.63) is 0 Å². The first-order chi connectivity index (χ1) is 6.63. The Morgan fingerprint density at radius 2 is 1.86 bits per heavy atom. The summed E-state index contributed by atoms with van der Waals surface area (Å²) in [5.41, 5.74) is 0. The van der Waals surface area contributed by atoms with E-state index in [-0.39, 0.29) is 12.0 Å². The van der Waals surface area contributed by atoms with Crippen LogP contribution in [0.15, 0.2) is 4.99 Å². The van der Waals surface area contributed by atoms with Gasteiger partial charge in [-0.2, -0.15) is 0 Å². The second-order valence-corrected chi connectivity index (χ2v) is 3.38. The molecule has 0 radical (unpaired) electrons. The van der Waals surface area contributed by atoms with E-state index in [4.69, 9.17) is 0 Å². The van der Waals surface area contributed by atoms with Crippen LogP contribution in [0.4, 0.5) is 0 Å². The highest BCUT2D eigenvalue weighted by molar-refractivity contribution is 6.45. The summed E-state index contributed by atoms with van der Waals surface area (Å²) in [6, 6.07) is 0.128. The first kappa shape index (κ1) is 10.7. The predicted molar refractivity (Wildman–Crippen MR) is 52.7 cm³/mol. The number of hydrogen-bond acceptors (Lipinski definition) is 3. The van der Waals surface area contributed by atoms with Crippen molar-refractivity contribution < 1.29 is 9.59 Å². The summed E-state index contributed by atoms with van der Waals surface area (Å²) in [6.45, 7) is 4.07. The molecule has 5 heteroatoms. The van der Waals surface area contributed by atoms with Crippen molar-refractivity contribution >= 4 is 17.8 Å². The van der Waals surface area contributed by atoms with Gasteiger partial charge in [-0.1, -0.05) is 19.8 Å². The molecule has 14 heavy (non-hydrogen) atoms. The topological polar surface area (TPSA) is 70.6 Å². The highest BCUT2D eigenvalue weighted by Gasteiger charge is 2.25. The molecule has 0 aromatic rings. The molecular weight excluding hydrogens is 182 g/mol. The van der Waals surface area contributed by atoms with Gasteiger partial charge in [0, 0.05) is 0 Å². The smallest absolute Gasteiger partial charge is 0.288 e. The third-order valence-corrected chi connectivity index (χ3v) is 2.00. The minimum Gasteiger partial charge on any atom is -0.288 e. The summed E-state index contributed by atoms with van der Waals surface area (Å²) >= 11 is 0. The summed E-state index contributed by atoms with van der Waals surface area (Å²) < 4.78 is 0. The Labute approximate surface area is 83.0 Å². The summed E-state index contributed by atoms with van der Waals surface area (Å²) in [5, 5.41) is 4.72. The van der Waals surface area contributed by atoms with Crippen LogP contribution in [0.2, 0.25) is 0 Å². The van der Waals surface area contributed by atoms with Crippen LogP contribution >= 0.6 is 0 Å². The Morgan fingerprint density at radius 1 is 1.29 bits per heavy atom. The highest BCUT2D eigenvalue weighted by atomic mass is 16.2. The van der Waals surface area contributed by atoms with Gasteiger partial charge in [0.05, 0.1) is 6.04 Å². The van der Waals surface area contributed by atoms with Gasteiger partial charge >= 0.3 is 11.8 Å². The average molecular weight is 197 g/mol. The van der Waals surface area contributed by atoms with Gasteiger partial charge < -0.3 is 0 Å². The lowest BCUT2D eigenvalue weighted by Crippen LogP contribution is -2.27. The monoisotopic (exact) mass is 197 g/mol. The molecule has 1 saturated heterocycles. The van der Waals surface area contributed by atoms with E-state index in [1.165, 1.54) is 0 Å². The quantitative estimate of drug-likeness (QED) is 0.630. The minimum atomic E-state index is -0.633. The fraction of sp³-hybridized carbons (Fsp3) is 0.667. The van der Waals surface area contributed by atoms with Gasteiger partial charge in [0.1, 0.15) is 0 Å². The zero-order valence-corrected chi connectivity index (χ0v) is 8.46. The predicted octanol–water partition coefficient (Wildman–Crippen LogP) is 0.167. The third-order valence-electron chi connectivity index (χ3n) is 2.00. The first-order valence-corrected chi connectivity index (χ1v) is 4.83. The maximum absolute atomic E-state index is 10.8. The molecule has 0 saturated carbocycles. The number of hydrogen-bond donors (Lipinski definition) is 2. The Kier molecular flexibility index (Phi) is 3.62. The molecule has 78 valence electrons. The maximum Gasteiger partial charge on any atom is 0.316 e. The Balaban J connectivity index is 2.45. The molecule has 2 N–H and O–H groups in total. The average Bonchev–Trinajstić information content (AvgIpc) is 2.42. The van der Waals surface area contributed by atoms with Gasteiger partial charge in [0.25, 0.3) is 0 Å². The van der Waals surface area contributed by atoms with Crippen LogP contribution in [-0.4, -0.2) is 23.8 Å². The van der Waals surface area contributed by atoms with Crippen LogP contribution in [-0.2, 0) is 9.59 Å². The normalized spacial score (nSPS) is 17.7. The molecule has 1 aliphatic heterocycles. The highest BCUT2D eigenvalue weighted by Crippen LogP contribution is 2.03. The minimum absolute atomic E-state index is 0.128. The van der Waals surface area contributed by atoms with Crippen LogP contribution < -0.4 is 10.6 Å².